The van der Waals surface area contributed by atoms with Crippen LogP contribution in [-0.4, -0.2) is 24.6 Å². The molecule has 1 amide bonds. The number of aromatic nitrogens is 1. The highest BCUT2D eigenvalue weighted by atomic mass is 16.5. The van der Waals surface area contributed by atoms with Crippen LogP contribution in [0.4, 0.5) is 0 Å². The van der Waals surface area contributed by atoms with E-state index in [0.29, 0.717) is 11.5 Å². The molecule has 1 unspecified atom stereocenters. The molecule has 1 N–H and O–H groups in total. The number of carbonyl (C=O) groups excluding carboxylic acids is 1. The molecule has 0 spiro atoms. The molecule has 5 heteroatoms. The van der Waals surface area contributed by atoms with Crippen LogP contribution < -0.4 is 14.8 Å². The van der Waals surface area contributed by atoms with Gasteiger partial charge in [-0.3, -0.25) is 9.78 Å². The third kappa shape index (κ3) is 4.84. The van der Waals surface area contributed by atoms with Gasteiger partial charge in [0.05, 0.1) is 18.8 Å². The van der Waals surface area contributed by atoms with Crippen molar-refractivity contribution in [3.63, 3.8) is 0 Å². The second-order valence-corrected chi connectivity index (χ2v) is 5.31. The summed E-state index contributed by atoms with van der Waals surface area (Å²) < 4.78 is 10.9. The normalized spacial score (nSPS) is 11.4. The molecule has 2 aromatic rings. The van der Waals surface area contributed by atoms with Gasteiger partial charge in [0.15, 0.2) is 18.1 Å². The number of benzene rings is 1. The summed E-state index contributed by atoms with van der Waals surface area (Å²) in [4.78, 5) is 16.3. The minimum atomic E-state index is -0.217. The van der Waals surface area contributed by atoms with E-state index in [4.69, 9.17) is 9.47 Å². The van der Waals surface area contributed by atoms with Crippen LogP contribution in [0.3, 0.4) is 0 Å². The number of amides is 1. The fraction of sp³-hybridized carbons (Fsp3) is 0.263. The molecule has 0 saturated carbocycles. The van der Waals surface area contributed by atoms with Gasteiger partial charge in [-0.05, 0) is 43.2 Å². The highest BCUT2D eigenvalue weighted by Gasteiger charge is 2.12. The van der Waals surface area contributed by atoms with Crippen LogP contribution in [0.25, 0.3) is 0 Å². The molecule has 0 fully saturated rings. The van der Waals surface area contributed by atoms with Crippen molar-refractivity contribution < 1.29 is 14.3 Å². The lowest BCUT2D eigenvalue weighted by molar-refractivity contribution is -0.123. The van der Waals surface area contributed by atoms with E-state index in [-0.39, 0.29) is 18.6 Å². The van der Waals surface area contributed by atoms with E-state index in [1.165, 1.54) is 0 Å². The number of rotatable bonds is 8. The zero-order valence-corrected chi connectivity index (χ0v) is 14.0. The van der Waals surface area contributed by atoms with Gasteiger partial charge in [0.2, 0.25) is 0 Å². The van der Waals surface area contributed by atoms with Crippen LogP contribution >= 0.6 is 0 Å². The first-order valence-electron chi connectivity index (χ1n) is 7.75. The van der Waals surface area contributed by atoms with Crippen LogP contribution in [0, 0.1) is 0 Å². The van der Waals surface area contributed by atoms with Crippen LogP contribution in [0.1, 0.15) is 24.2 Å². The van der Waals surface area contributed by atoms with E-state index in [1.54, 1.807) is 19.4 Å². The van der Waals surface area contributed by atoms with E-state index in [0.717, 1.165) is 17.7 Å². The SMILES string of the molecule is C=CCc1ccc(OCC(=O)NC(C)c2ccccn2)c(OC)c1. The molecule has 2 rings (SSSR count). The number of pyridine rings is 1. The lowest BCUT2D eigenvalue weighted by Gasteiger charge is -2.15. The Kier molecular flexibility index (Phi) is 6.37. The van der Waals surface area contributed by atoms with Gasteiger partial charge in [0.1, 0.15) is 0 Å². The minimum Gasteiger partial charge on any atom is -0.493 e. The lowest BCUT2D eigenvalue weighted by atomic mass is 10.1. The Morgan fingerprint density at radius 1 is 1.33 bits per heavy atom. The van der Waals surface area contributed by atoms with Gasteiger partial charge in [-0.2, -0.15) is 0 Å². The standard InChI is InChI=1S/C19H22N2O3/c1-4-7-15-9-10-17(18(12-15)23-3)24-13-19(22)21-14(2)16-8-5-6-11-20-16/h4-6,8-12,14H,1,7,13H2,2-3H3,(H,21,22). The molecule has 0 aliphatic heterocycles. The molecule has 0 aliphatic rings. The Hall–Kier alpha value is -2.82. The molecule has 5 nitrogen and oxygen atoms in total. The molecule has 24 heavy (non-hydrogen) atoms. The van der Waals surface area contributed by atoms with Crippen molar-refractivity contribution in [2.24, 2.45) is 0 Å². The maximum atomic E-state index is 12.1. The minimum absolute atomic E-state index is 0.0889. The smallest absolute Gasteiger partial charge is 0.258 e. The van der Waals surface area contributed by atoms with E-state index in [2.05, 4.69) is 16.9 Å². The predicted molar refractivity (Wildman–Crippen MR) is 93.2 cm³/mol. The number of methoxy groups -OCH3 is 1. The third-order valence-electron chi connectivity index (χ3n) is 3.48. The van der Waals surface area contributed by atoms with E-state index < -0.39 is 0 Å². The van der Waals surface area contributed by atoms with E-state index >= 15 is 0 Å². The Balaban J connectivity index is 1.92. The summed E-state index contributed by atoms with van der Waals surface area (Å²) >= 11 is 0. The molecular weight excluding hydrogens is 304 g/mol. The summed E-state index contributed by atoms with van der Waals surface area (Å²) in [5, 5.41) is 2.86. The molecule has 0 radical (unpaired) electrons. The maximum absolute atomic E-state index is 12.1. The van der Waals surface area contributed by atoms with Crippen LogP contribution in [0.5, 0.6) is 11.5 Å². The quantitative estimate of drug-likeness (QED) is 0.757. The zero-order valence-electron chi connectivity index (χ0n) is 14.0. The summed E-state index contributed by atoms with van der Waals surface area (Å²) in [6.45, 7) is 5.51. The van der Waals surface area contributed by atoms with E-state index in [1.807, 2.05) is 43.3 Å². The number of allylic oxidation sites excluding steroid dienone is 1. The molecule has 0 bridgehead atoms. The van der Waals surface area contributed by atoms with Crippen molar-refractivity contribution in [2.45, 2.75) is 19.4 Å². The van der Waals surface area contributed by atoms with Gasteiger partial charge in [-0.25, -0.2) is 0 Å². The fourth-order valence-electron chi connectivity index (χ4n) is 2.26. The first kappa shape index (κ1) is 17.5. The highest BCUT2D eigenvalue weighted by molar-refractivity contribution is 5.78. The zero-order chi connectivity index (χ0) is 17.4. The Morgan fingerprint density at radius 2 is 2.17 bits per heavy atom. The van der Waals surface area contributed by atoms with Crippen molar-refractivity contribution in [1.82, 2.24) is 10.3 Å². The Labute approximate surface area is 142 Å². The summed E-state index contributed by atoms with van der Waals surface area (Å²) in [6, 6.07) is 11.0. The van der Waals surface area contributed by atoms with Crippen molar-refractivity contribution in [1.29, 1.82) is 0 Å². The molecule has 126 valence electrons. The van der Waals surface area contributed by atoms with Crippen molar-refractivity contribution in [3.05, 3.63) is 66.5 Å². The van der Waals surface area contributed by atoms with Gasteiger partial charge in [0.25, 0.3) is 5.91 Å². The number of nitrogens with one attached hydrogen (secondary N) is 1. The van der Waals surface area contributed by atoms with Crippen LogP contribution in [0.15, 0.2) is 55.3 Å². The van der Waals surface area contributed by atoms with Crippen molar-refractivity contribution >= 4 is 5.91 Å². The predicted octanol–water partition coefficient (Wildman–Crippen LogP) is 3.07. The van der Waals surface area contributed by atoms with Crippen molar-refractivity contribution in [3.8, 4) is 11.5 Å². The van der Waals surface area contributed by atoms with Gasteiger partial charge in [-0.1, -0.05) is 18.2 Å². The third-order valence-corrected chi connectivity index (χ3v) is 3.48. The van der Waals surface area contributed by atoms with Crippen LogP contribution in [-0.2, 0) is 11.2 Å². The monoisotopic (exact) mass is 326 g/mol. The summed E-state index contributed by atoms with van der Waals surface area (Å²) in [6.07, 6.45) is 4.27. The molecule has 1 atom stereocenters. The van der Waals surface area contributed by atoms with Gasteiger partial charge < -0.3 is 14.8 Å². The van der Waals surface area contributed by atoms with E-state index in [9.17, 15) is 4.79 Å². The largest absolute Gasteiger partial charge is 0.493 e. The molecule has 1 aromatic carbocycles. The number of nitrogens with zero attached hydrogens (tertiary/aromatic N) is 1. The van der Waals surface area contributed by atoms with Crippen molar-refractivity contribution in [2.75, 3.05) is 13.7 Å². The average molecular weight is 326 g/mol. The first-order valence-corrected chi connectivity index (χ1v) is 7.75. The molecule has 1 aromatic heterocycles. The molecule has 1 heterocycles. The topological polar surface area (TPSA) is 60.5 Å². The lowest BCUT2D eigenvalue weighted by Crippen LogP contribution is -2.31. The molecule has 0 saturated heterocycles. The Morgan fingerprint density at radius 3 is 2.83 bits per heavy atom. The summed E-state index contributed by atoms with van der Waals surface area (Å²) in [5.74, 6) is 0.913. The van der Waals surface area contributed by atoms with Gasteiger partial charge in [0, 0.05) is 6.20 Å². The van der Waals surface area contributed by atoms with Crippen LogP contribution in [0.2, 0.25) is 0 Å². The number of hydrogen-bond donors (Lipinski definition) is 1. The fourth-order valence-corrected chi connectivity index (χ4v) is 2.26. The highest BCUT2D eigenvalue weighted by Crippen LogP contribution is 2.28. The number of ether oxygens (including phenoxy) is 2. The molecule has 0 aliphatic carbocycles. The number of hydrogen-bond acceptors (Lipinski definition) is 4. The number of carbonyl (C=O) groups is 1. The maximum Gasteiger partial charge on any atom is 0.258 e. The van der Waals surface area contributed by atoms with Gasteiger partial charge >= 0.3 is 0 Å². The second kappa shape index (κ2) is 8.72. The van der Waals surface area contributed by atoms with Gasteiger partial charge in [-0.15, -0.1) is 6.58 Å². The molecular formula is C19H22N2O3. The Bertz CT molecular complexity index is 686. The first-order chi connectivity index (χ1) is 11.6. The summed E-state index contributed by atoms with van der Waals surface area (Å²) in [5.41, 5.74) is 1.87. The second-order valence-electron chi connectivity index (χ2n) is 5.31. The summed E-state index contributed by atoms with van der Waals surface area (Å²) in [7, 11) is 1.57. The average Bonchev–Trinajstić information content (AvgIpc) is 2.61.